The fourth-order valence-corrected chi connectivity index (χ4v) is 2.55. The van der Waals surface area contributed by atoms with Crippen LogP contribution in [0, 0.1) is 20.2 Å². The number of nitro benzene ring substituents is 2. The quantitative estimate of drug-likeness (QED) is 0.520. The van der Waals surface area contributed by atoms with E-state index in [1.54, 1.807) is 24.3 Å². The van der Waals surface area contributed by atoms with Gasteiger partial charge in [-0.25, -0.2) is 0 Å². The average molecular weight is 256 g/mol. The SMILES string of the molecule is O=[N+]([O-])c1cccc2c1-c1c(cccc1[N+](=O)[O-])C2. The largest absolute Gasteiger partial charge is 0.277 e. The van der Waals surface area contributed by atoms with Crippen molar-refractivity contribution in [3.05, 3.63) is 67.8 Å². The van der Waals surface area contributed by atoms with Crippen LogP contribution in [0.15, 0.2) is 36.4 Å². The molecule has 0 atom stereocenters. The summed E-state index contributed by atoms with van der Waals surface area (Å²) in [5.41, 5.74) is 2.14. The average Bonchev–Trinajstić information content (AvgIpc) is 2.76. The van der Waals surface area contributed by atoms with Gasteiger partial charge in [-0.1, -0.05) is 24.3 Å². The number of benzene rings is 2. The lowest BCUT2D eigenvalue weighted by molar-refractivity contribution is -0.386. The van der Waals surface area contributed by atoms with Crippen molar-refractivity contribution < 1.29 is 9.85 Å². The van der Waals surface area contributed by atoms with E-state index in [1.807, 2.05) is 0 Å². The first kappa shape index (κ1) is 11.3. The van der Waals surface area contributed by atoms with Crippen molar-refractivity contribution in [3.63, 3.8) is 0 Å². The number of nitrogens with zero attached hydrogens (tertiary/aromatic N) is 2. The van der Waals surface area contributed by atoms with Gasteiger partial charge in [-0.3, -0.25) is 20.2 Å². The van der Waals surface area contributed by atoms with Gasteiger partial charge in [-0.15, -0.1) is 0 Å². The molecule has 3 rings (SSSR count). The minimum absolute atomic E-state index is 0.0782. The second-order valence-corrected chi connectivity index (χ2v) is 4.31. The number of hydrogen-bond acceptors (Lipinski definition) is 4. The van der Waals surface area contributed by atoms with Crippen molar-refractivity contribution in [1.82, 2.24) is 0 Å². The molecule has 94 valence electrons. The first-order valence-corrected chi connectivity index (χ1v) is 5.62. The number of fused-ring (bicyclic) bond motifs is 3. The zero-order valence-corrected chi connectivity index (χ0v) is 9.70. The molecular weight excluding hydrogens is 248 g/mol. The van der Waals surface area contributed by atoms with E-state index in [1.165, 1.54) is 12.1 Å². The lowest BCUT2D eigenvalue weighted by atomic mass is 10.0. The molecule has 0 radical (unpaired) electrons. The highest BCUT2D eigenvalue weighted by Crippen LogP contribution is 2.46. The Morgan fingerprint density at radius 3 is 1.58 bits per heavy atom. The summed E-state index contributed by atoms with van der Waals surface area (Å²) in [5, 5.41) is 22.2. The zero-order chi connectivity index (χ0) is 13.6. The lowest BCUT2D eigenvalue weighted by Gasteiger charge is -2.03. The molecule has 2 aromatic rings. The van der Waals surface area contributed by atoms with Crippen LogP contribution in [-0.2, 0) is 6.42 Å². The molecule has 0 aliphatic heterocycles. The maximum absolute atomic E-state index is 11.1. The molecule has 0 N–H and O–H groups in total. The van der Waals surface area contributed by atoms with Gasteiger partial charge in [0.05, 0.1) is 21.0 Å². The van der Waals surface area contributed by atoms with Crippen LogP contribution in [-0.4, -0.2) is 9.85 Å². The summed E-state index contributed by atoms with van der Waals surface area (Å²) in [6.45, 7) is 0. The highest BCUT2D eigenvalue weighted by molar-refractivity contribution is 5.89. The minimum atomic E-state index is -0.495. The van der Waals surface area contributed by atoms with Crippen molar-refractivity contribution in [2.45, 2.75) is 6.42 Å². The molecule has 6 heteroatoms. The Balaban J connectivity index is 2.38. The summed E-state index contributed by atoms with van der Waals surface area (Å²) in [7, 11) is 0. The number of rotatable bonds is 2. The molecule has 0 saturated carbocycles. The van der Waals surface area contributed by atoms with E-state index in [9.17, 15) is 20.2 Å². The Morgan fingerprint density at radius 2 is 1.21 bits per heavy atom. The summed E-state index contributed by atoms with van der Waals surface area (Å²) < 4.78 is 0. The van der Waals surface area contributed by atoms with Crippen molar-refractivity contribution in [2.75, 3.05) is 0 Å². The molecule has 2 aromatic carbocycles. The van der Waals surface area contributed by atoms with Gasteiger partial charge in [0.1, 0.15) is 0 Å². The van der Waals surface area contributed by atoms with Crippen LogP contribution in [0.1, 0.15) is 11.1 Å². The standard InChI is InChI=1S/C13H8N2O4/c16-14(17)10-5-1-3-8-7-9-4-2-6-11(15(18)19)13(9)12(8)10/h1-6H,7H2. The topological polar surface area (TPSA) is 86.3 Å². The van der Waals surface area contributed by atoms with Gasteiger partial charge in [-0.05, 0) is 17.5 Å². The first-order valence-electron chi connectivity index (χ1n) is 5.62. The molecule has 0 unspecified atom stereocenters. The second-order valence-electron chi connectivity index (χ2n) is 4.31. The Hall–Kier alpha value is -2.76. The van der Waals surface area contributed by atoms with Crippen LogP contribution in [0.25, 0.3) is 11.1 Å². The van der Waals surface area contributed by atoms with Crippen LogP contribution in [0.4, 0.5) is 11.4 Å². The van der Waals surface area contributed by atoms with Crippen molar-refractivity contribution >= 4 is 11.4 Å². The van der Waals surface area contributed by atoms with Gasteiger partial charge in [0.2, 0.25) is 0 Å². The third-order valence-corrected chi connectivity index (χ3v) is 3.28. The monoisotopic (exact) mass is 256 g/mol. The van der Waals surface area contributed by atoms with Crippen molar-refractivity contribution in [2.24, 2.45) is 0 Å². The molecule has 0 saturated heterocycles. The van der Waals surface area contributed by atoms with E-state index < -0.39 is 9.85 Å². The lowest BCUT2D eigenvalue weighted by Crippen LogP contribution is -1.95. The Labute approximate surface area is 107 Å². The van der Waals surface area contributed by atoms with Gasteiger partial charge < -0.3 is 0 Å². The predicted molar refractivity (Wildman–Crippen MR) is 68.0 cm³/mol. The first-order chi connectivity index (χ1) is 9.09. The molecular formula is C13H8N2O4. The smallest absolute Gasteiger partial charge is 0.258 e. The van der Waals surface area contributed by atoms with E-state index in [0.717, 1.165) is 11.1 Å². The van der Waals surface area contributed by atoms with Gasteiger partial charge in [0, 0.05) is 12.1 Å². The third kappa shape index (κ3) is 1.57. The summed E-state index contributed by atoms with van der Waals surface area (Å²) in [6, 6.07) is 9.51. The maximum Gasteiger partial charge on any atom is 0.277 e. The van der Waals surface area contributed by atoms with E-state index in [0.29, 0.717) is 17.5 Å². The molecule has 0 amide bonds. The fourth-order valence-electron chi connectivity index (χ4n) is 2.55. The number of nitro groups is 2. The predicted octanol–water partition coefficient (Wildman–Crippen LogP) is 3.07. The van der Waals surface area contributed by atoms with Crippen molar-refractivity contribution in [1.29, 1.82) is 0 Å². The van der Waals surface area contributed by atoms with Gasteiger partial charge in [0.15, 0.2) is 0 Å². The van der Waals surface area contributed by atoms with E-state index in [-0.39, 0.29) is 11.4 Å². The summed E-state index contributed by atoms with van der Waals surface area (Å²) in [6.07, 6.45) is 0.494. The molecule has 6 nitrogen and oxygen atoms in total. The van der Waals surface area contributed by atoms with Crippen LogP contribution in [0.3, 0.4) is 0 Å². The van der Waals surface area contributed by atoms with Crippen LogP contribution >= 0.6 is 0 Å². The molecule has 1 aliphatic carbocycles. The molecule has 0 bridgehead atoms. The zero-order valence-electron chi connectivity index (χ0n) is 9.70. The molecule has 19 heavy (non-hydrogen) atoms. The molecule has 0 spiro atoms. The van der Waals surface area contributed by atoms with Crippen LogP contribution in [0.2, 0.25) is 0 Å². The highest BCUT2D eigenvalue weighted by Gasteiger charge is 2.32. The number of hydrogen-bond donors (Lipinski definition) is 0. The molecule has 1 aliphatic rings. The van der Waals surface area contributed by atoms with Gasteiger partial charge in [-0.2, -0.15) is 0 Å². The van der Waals surface area contributed by atoms with E-state index >= 15 is 0 Å². The van der Waals surface area contributed by atoms with Crippen LogP contribution in [0.5, 0.6) is 0 Å². The Morgan fingerprint density at radius 1 is 0.789 bits per heavy atom. The second kappa shape index (κ2) is 3.88. The molecule has 0 aromatic heterocycles. The Bertz CT molecular complexity index is 663. The summed E-state index contributed by atoms with van der Waals surface area (Å²) in [5.74, 6) is 0. The van der Waals surface area contributed by atoms with E-state index in [4.69, 9.17) is 0 Å². The Kier molecular flexibility index (Phi) is 2.31. The van der Waals surface area contributed by atoms with E-state index in [2.05, 4.69) is 0 Å². The van der Waals surface area contributed by atoms with Gasteiger partial charge in [0.25, 0.3) is 11.4 Å². The normalized spacial score (nSPS) is 11.8. The molecule has 0 fully saturated rings. The van der Waals surface area contributed by atoms with Crippen molar-refractivity contribution in [3.8, 4) is 11.1 Å². The summed E-state index contributed by atoms with van der Waals surface area (Å²) >= 11 is 0. The highest BCUT2D eigenvalue weighted by atomic mass is 16.6. The minimum Gasteiger partial charge on any atom is -0.258 e. The summed E-state index contributed by atoms with van der Waals surface area (Å²) in [4.78, 5) is 21.2. The molecule has 0 heterocycles. The fraction of sp³-hybridized carbons (Fsp3) is 0.0769. The van der Waals surface area contributed by atoms with Gasteiger partial charge >= 0.3 is 0 Å². The third-order valence-electron chi connectivity index (χ3n) is 3.28. The van der Waals surface area contributed by atoms with Crippen LogP contribution < -0.4 is 0 Å². The maximum atomic E-state index is 11.1.